The monoisotopic (exact) mass is 821 g/mol. The molecule has 0 aromatic rings. The van der Waals surface area contributed by atoms with Gasteiger partial charge in [0.2, 0.25) is 0 Å². The Hall–Kier alpha value is -2.92. The first-order chi connectivity index (χ1) is 29.1. The third-order valence-corrected chi connectivity index (χ3v) is 10.5. The number of aliphatic hydroxyl groups is 1. The first kappa shape index (κ1) is 56.1. The second-order valence-corrected chi connectivity index (χ2v) is 16.2. The minimum atomic E-state index is -0.768. The predicted molar refractivity (Wildman–Crippen MR) is 256 cm³/mol. The third kappa shape index (κ3) is 47.6. The molecule has 1 N–H and O–H groups in total. The standard InChI is InChI=1S/C54H92O5/c1-3-5-7-9-11-12-13-14-15-16-17-18-19-20-21-22-23-24-25-26-27-28-29-30-31-32-33-34-35-36-37-38-39-40-41-42-43-45-47-49-54(57)59-52(50-55)51-58-53(56)48-46-44-10-8-6-4-2/h5,7,11-12,14-15,17-18,20-21,23-24,26-27,52,55H,3-4,6,8-10,13,16,19,22,25,28-51H2,1-2H3/b7-5-,12-11-,15-14-,18-17-,21-20-,24-23-,27-26-. The van der Waals surface area contributed by atoms with Gasteiger partial charge in [0, 0.05) is 12.8 Å². The van der Waals surface area contributed by atoms with Crippen LogP contribution in [0.1, 0.15) is 226 Å². The highest BCUT2D eigenvalue weighted by molar-refractivity contribution is 5.70. The maximum atomic E-state index is 12.2. The second-order valence-electron chi connectivity index (χ2n) is 16.2. The van der Waals surface area contributed by atoms with Crippen LogP contribution in [0.4, 0.5) is 0 Å². The van der Waals surface area contributed by atoms with E-state index in [2.05, 4.69) is 98.9 Å². The van der Waals surface area contributed by atoms with Gasteiger partial charge < -0.3 is 14.6 Å². The van der Waals surface area contributed by atoms with E-state index in [0.29, 0.717) is 12.8 Å². The molecular weight excluding hydrogens is 729 g/mol. The first-order valence-corrected chi connectivity index (χ1v) is 24.6. The molecule has 0 amide bonds. The highest BCUT2D eigenvalue weighted by Crippen LogP contribution is 2.15. The topological polar surface area (TPSA) is 72.8 Å². The number of carbonyl (C=O) groups is 2. The van der Waals surface area contributed by atoms with Crippen LogP contribution >= 0.6 is 0 Å². The fraction of sp³-hybridized carbons (Fsp3) is 0.704. The van der Waals surface area contributed by atoms with Crippen molar-refractivity contribution < 1.29 is 24.2 Å². The summed E-state index contributed by atoms with van der Waals surface area (Å²) in [6, 6.07) is 0. The number of aliphatic hydroxyl groups excluding tert-OH is 1. The van der Waals surface area contributed by atoms with Gasteiger partial charge in [0.1, 0.15) is 6.61 Å². The van der Waals surface area contributed by atoms with Crippen molar-refractivity contribution in [1.82, 2.24) is 0 Å². The molecule has 0 radical (unpaired) electrons. The number of ether oxygens (including phenoxy) is 2. The van der Waals surface area contributed by atoms with E-state index in [-0.39, 0.29) is 25.2 Å². The number of hydrogen-bond acceptors (Lipinski definition) is 5. The van der Waals surface area contributed by atoms with Gasteiger partial charge in [-0.3, -0.25) is 9.59 Å². The zero-order valence-electron chi connectivity index (χ0n) is 38.5. The molecule has 338 valence electrons. The Kier molecular flexibility index (Phi) is 47.0. The zero-order chi connectivity index (χ0) is 42.8. The lowest BCUT2D eigenvalue weighted by Crippen LogP contribution is -2.28. The average Bonchev–Trinajstić information content (AvgIpc) is 3.24. The van der Waals surface area contributed by atoms with Gasteiger partial charge in [-0.15, -0.1) is 0 Å². The lowest BCUT2D eigenvalue weighted by Gasteiger charge is -2.15. The van der Waals surface area contributed by atoms with E-state index in [1.165, 1.54) is 116 Å². The zero-order valence-corrected chi connectivity index (χ0v) is 38.5. The van der Waals surface area contributed by atoms with Crippen LogP contribution in [-0.2, 0) is 19.1 Å². The molecule has 0 aromatic heterocycles. The molecule has 0 fully saturated rings. The van der Waals surface area contributed by atoms with Gasteiger partial charge >= 0.3 is 11.9 Å². The Bertz CT molecular complexity index is 1110. The van der Waals surface area contributed by atoms with E-state index >= 15 is 0 Å². The third-order valence-electron chi connectivity index (χ3n) is 10.5. The fourth-order valence-corrected chi connectivity index (χ4v) is 6.77. The summed E-state index contributed by atoms with van der Waals surface area (Å²) in [5, 5.41) is 9.52. The number of esters is 2. The molecule has 0 saturated carbocycles. The van der Waals surface area contributed by atoms with Crippen molar-refractivity contribution in [3.63, 3.8) is 0 Å². The summed E-state index contributed by atoms with van der Waals surface area (Å²) >= 11 is 0. The Morgan fingerprint density at radius 3 is 1.10 bits per heavy atom. The smallest absolute Gasteiger partial charge is 0.306 e. The second kappa shape index (κ2) is 49.4. The van der Waals surface area contributed by atoms with Gasteiger partial charge in [-0.2, -0.15) is 0 Å². The summed E-state index contributed by atoms with van der Waals surface area (Å²) in [7, 11) is 0. The Labute approximate surface area is 365 Å². The molecule has 0 aromatic carbocycles. The Morgan fingerprint density at radius 1 is 0.407 bits per heavy atom. The molecule has 1 unspecified atom stereocenters. The summed E-state index contributed by atoms with van der Waals surface area (Å²) in [6.45, 7) is 3.96. The maximum Gasteiger partial charge on any atom is 0.306 e. The van der Waals surface area contributed by atoms with E-state index in [0.717, 1.165) is 83.5 Å². The molecular formula is C54H92O5. The molecule has 0 saturated heterocycles. The Balaban J connectivity index is 3.44. The molecule has 0 aliphatic carbocycles. The molecule has 5 nitrogen and oxygen atoms in total. The van der Waals surface area contributed by atoms with E-state index in [4.69, 9.17) is 9.47 Å². The molecule has 0 spiro atoms. The van der Waals surface area contributed by atoms with Gasteiger partial charge in [0.25, 0.3) is 0 Å². The van der Waals surface area contributed by atoms with Crippen LogP contribution in [0, 0.1) is 0 Å². The highest BCUT2D eigenvalue weighted by atomic mass is 16.6. The molecule has 0 aliphatic heterocycles. The molecule has 0 rings (SSSR count). The Morgan fingerprint density at radius 2 is 0.729 bits per heavy atom. The molecule has 0 heterocycles. The first-order valence-electron chi connectivity index (χ1n) is 24.6. The van der Waals surface area contributed by atoms with Crippen LogP contribution in [-0.4, -0.2) is 36.4 Å². The lowest BCUT2D eigenvalue weighted by atomic mass is 10.0. The van der Waals surface area contributed by atoms with Crippen molar-refractivity contribution in [3.8, 4) is 0 Å². The van der Waals surface area contributed by atoms with Crippen molar-refractivity contribution >= 4 is 11.9 Å². The number of unbranched alkanes of at least 4 members (excludes halogenated alkanes) is 22. The van der Waals surface area contributed by atoms with Gasteiger partial charge in [-0.1, -0.05) is 227 Å². The normalized spacial score (nSPS) is 12.9. The summed E-state index contributed by atoms with van der Waals surface area (Å²) in [4.78, 5) is 24.1. The van der Waals surface area contributed by atoms with E-state index in [9.17, 15) is 14.7 Å². The highest BCUT2D eigenvalue weighted by Gasteiger charge is 2.16. The number of hydrogen-bond donors (Lipinski definition) is 1. The lowest BCUT2D eigenvalue weighted by molar-refractivity contribution is -0.161. The van der Waals surface area contributed by atoms with Crippen molar-refractivity contribution in [2.24, 2.45) is 0 Å². The summed E-state index contributed by atoms with van der Waals surface area (Å²) in [5.41, 5.74) is 0. The van der Waals surface area contributed by atoms with E-state index in [1.54, 1.807) is 0 Å². The molecule has 0 aliphatic rings. The summed E-state index contributed by atoms with van der Waals surface area (Å²) < 4.78 is 10.5. The van der Waals surface area contributed by atoms with Crippen LogP contribution in [0.3, 0.4) is 0 Å². The van der Waals surface area contributed by atoms with Crippen LogP contribution in [0.2, 0.25) is 0 Å². The van der Waals surface area contributed by atoms with Crippen molar-refractivity contribution in [1.29, 1.82) is 0 Å². The van der Waals surface area contributed by atoms with Crippen molar-refractivity contribution in [3.05, 3.63) is 85.1 Å². The minimum absolute atomic E-state index is 0.0658. The van der Waals surface area contributed by atoms with Crippen LogP contribution in [0.15, 0.2) is 85.1 Å². The largest absolute Gasteiger partial charge is 0.462 e. The number of allylic oxidation sites excluding steroid dienone is 14. The van der Waals surface area contributed by atoms with Crippen LogP contribution in [0.25, 0.3) is 0 Å². The molecule has 0 bridgehead atoms. The van der Waals surface area contributed by atoms with Crippen molar-refractivity contribution in [2.45, 2.75) is 232 Å². The number of carbonyl (C=O) groups excluding carboxylic acids is 2. The van der Waals surface area contributed by atoms with Crippen molar-refractivity contribution in [2.75, 3.05) is 13.2 Å². The SMILES string of the molecule is CC/C=C\C/C=C\C/C=C\C/C=C\C/C=C\C/C=C\C/C=C\CCCCCCCCCCCCCCCCCCCC(=O)OC(CO)COC(=O)CCCCCCCC. The summed E-state index contributed by atoms with van der Waals surface area (Å²) in [5.74, 6) is -0.598. The number of rotatable bonds is 44. The van der Waals surface area contributed by atoms with Gasteiger partial charge in [0.05, 0.1) is 6.61 Å². The van der Waals surface area contributed by atoms with Gasteiger partial charge in [-0.25, -0.2) is 0 Å². The molecule has 59 heavy (non-hydrogen) atoms. The molecule has 1 atom stereocenters. The van der Waals surface area contributed by atoms with E-state index in [1.807, 2.05) is 0 Å². The quantitative estimate of drug-likeness (QED) is 0.0376. The molecule has 5 heteroatoms. The minimum Gasteiger partial charge on any atom is -0.462 e. The predicted octanol–water partition coefficient (Wildman–Crippen LogP) is 16.2. The summed E-state index contributed by atoms with van der Waals surface area (Å²) in [6.07, 6.45) is 68.7. The average molecular weight is 821 g/mol. The fourth-order valence-electron chi connectivity index (χ4n) is 6.77. The van der Waals surface area contributed by atoms with E-state index < -0.39 is 6.10 Å². The van der Waals surface area contributed by atoms with Gasteiger partial charge in [-0.05, 0) is 70.6 Å². The van der Waals surface area contributed by atoms with Gasteiger partial charge in [0.15, 0.2) is 6.10 Å². The van der Waals surface area contributed by atoms with Crippen LogP contribution in [0.5, 0.6) is 0 Å². The maximum absolute atomic E-state index is 12.2. The van der Waals surface area contributed by atoms with Crippen LogP contribution < -0.4 is 0 Å².